The van der Waals surface area contributed by atoms with E-state index in [1.165, 1.54) is 11.1 Å². The second kappa shape index (κ2) is 4.37. The third-order valence-electron chi connectivity index (χ3n) is 4.24. The molecule has 0 spiro atoms. The minimum Gasteiger partial charge on any atom is -0.388 e. The summed E-state index contributed by atoms with van der Waals surface area (Å²) in [6.07, 6.45) is 2.40. The molecule has 0 amide bonds. The number of fused-ring (bicyclic) bond motifs is 2. The van der Waals surface area contributed by atoms with Crippen LogP contribution in [0.4, 0.5) is 0 Å². The third kappa shape index (κ3) is 1.69. The minimum atomic E-state index is -0.375. The molecule has 2 atom stereocenters. The van der Waals surface area contributed by atoms with Gasteiger partial charge in [-0.3, -0.25) is 0 Å². The van der Waals surface area contributed by atoms with Crippen molar-refractivity contribution in [1.82, 2.24) is 4.98 Å². The lowest BCUT2D eigenvalue weighted by molar-refractivity contribution is 0.176. The van der Waals surface area contributed by atoms with Crippen molar-refractivity contribution in [1.29, 1.82) is 0 Å². The molecule has 0 saturated carbocycles. The van der Waals surface area contributed by atoms with Crippen molar-refractivity contribution in [3.8, 4) is 0 Å². The Bertz CT molecular complexity index is 793. The first-order valence-corrected chi connectivity index (χ1v) is 7.15. The Hall–Kier alpha value is -1.77. The zero-order chi connectivity index (χ0) is 13.7. The number of hydrogen-bond acceptors (Lipinski definition) is 1. The highest BCUT2D eigenvalue weighted by molar-refractivity contribution is 6.31. The number of hydrogen-bond donors (Lipinski definition) is 2. The maximum atomic E-state index is 10.2. The Labute approximate surface area is 122 Å². The highest BCUT2D eigenvalue weighted by Gasteiger charge is 2.31. The topological polar surface area (TPSA) is 36.0 Å². The molecular weight excluding hydrogens is 270 g/mol. The maximum absolute atomic E-state index is 10.2. The second-order valence-electron chi connectivity index (χ2n) is 5.37. The highest BCUT2D eigenvalue weighted by Crippen LogP contribution is 2.45. The molecule has 3 aromatic rings. The van der Waals surface area contributed by atoms with Crippen LogP contribution in [-0.2, 0) is 0 Å². The van der Waals surface area contributed by atoms with Crippen LogP contribution in [0, 0.1) is 0 Å². The summed E-state index contributed by atoms with van der Waals surface area (Å²) in [4.78, 5) is 3.30. The first-order valence-electron chi connectivity index (χ1n) is 6.77. The monoisotopic (exact) mass is 283 g/mol. The molecule has 0 saturated heterocycles. The van der Waals surface area contributed by atoms with Crippen LogP contribution in [0.25, 0.3) is 10.9 Å². The minimum absolute atomic E-state index is 0.230. The highest BCUT2D eigenvalue weighted by atomic mass is 35.5. The van der Waals surface area contributed by atoms with Crippen molar-refractivity contribution in [2.24, 2.45) is 0 Å². The number of aliphatic hydroxyl groups excluding tert-OH is 1. The fourth-order valence-electron chi connectivity index (χ4n) is 3.31. The van der Waals surface area contributed by atoms with Gasteiger partial charge in [-0.15, -0.1) is 0 Å². The van der Waals surface area contributed by atoms with Gasteiger partial charge in [0, 0.05) is 28.0 Å². The van der Waals surface area contributed by atoms with E-state index in [4.69, 9.17) is 11.6 Å². The Kier molecular flexibility index (Phi) is 2.62. The standard InChI is InChI=1S/C17H14ClNO/c18-10-5-6-16-14(7-10)15(9-19-16)13-8-17(20)12-4-2-1-3-11(12)13/h1-7,9,13,17,19-20H,8H2/t13-,17+/m1/s1. The SMILES string of the molecule is O[C@H]1C[C@@H](c2c[nH]c3ccc(Cl)cc23)c2ccccc21. The smallest absolute Gasteiger partial charge is 0.0802 e. The molecule has 1 aliphatic rings. The summed E-state index contributed by atoms with van der Waals surface area (Å²) in [6.45, 7) is 0. The third-order valence-corrected chi connectivity index (χ3v) is 4.48. The summed E-state index contributed by atoms with van der Waals surface area (Å²) in [6, 6.07) is 14.0. The van der Waals surface area contributed by atoms with Gasteiger partial charge in [0.1, 0.15) is 0 Å². The average molecular weight is 284 g/mol. The summed E-state index contributed by atoms with van der Waals surface area (Å²) in [7, 11) is 0. The number of nitrogens with one attached hydrogen (secondary N) is 1. The van der Waals surface area contributed by atoms with E-state index in [0.29, 0.717) is 0 Å². The summed E-state index contributed by atoms with van der Waals surface area (Å²) in [5.74, 6) is 0.230. The Morgan fingerprint density at radius 3 is 2.70 bits per heavy atom. The molecule has 3 heteroatoms. The Morgan fingerprint density at radius 1 is 1.05 bits per heavy atom. The normalized spacial score (nSPS) is 21.3. The van der Waals surface area contributed by atoms with Gasteiger partial charge in [-0.25, -0.2) is 0 Å². The Balaban J connectivity index is 1.91. The van der Waals surface area contributed by atoms with Gasteiger partial charge in [0.15, 0.2) is 0 Å². The fraction of sp³-hybridized carbons (Fsp3) is 0.176. The van der Waals surface area contributed by atoms with Crippen LogP contribution in [0.15, 0.2) is 48.7 Å². The van der Waals surface area contributed by atoms with E-state index in [-0.39, 0.29) is 12.0 Å². The zero-order valence-electron chi connectivity index (χ0n) is 10.8. The number of aromatic amines is 1. The maximum Gasteiger partial charge on any atom is 0.0802 e. The summed E-state index contributed by atoms with van der Waals surface area (Å²) < 4.78 is 0. The van der Waals surface area contributed by atoms with Crippen molar-refractivity contribution in [2.75, 3.05) is 0 Å². The van der Waals surface area contributed by atoms with Gasteiger partial charge in [-0.2, -0.15) is 0 Å². The number of benzene rings is 2. The first kappa shape index (κ1) is 12.0. The van der Waals surface area contributed by atoms with E-state index >= 15 is 0 Å². The van der Waals surface area contributed by atoms with Gasteiger partial charge in [0.25, 0.3) is 0 Å². The molecule has 4 rings (SSSR count). The number of rotatable bonds is 1. The zero-order valence-corrected chi connectivity index (χ0v) is 11.6. The van der Waals surface area contributed by atoms with E-state index in [1.54, 1.807) is 0 Å². The molecule has 0 unspecified atom stereocenters. The molecule has 1 aliphatic carbocycles. The fourth-order valence-corrected chi connectivity index (χ4v) is 3.48. The molecule has 2 aromatic carbocycles. The van der Waals surface area contributed by atoms with Crippen LogP contribution in [0.2, 0.25) is 5.02 Å². The molecule has 0 aliphatic heterocycles. The van der Waals surface area contributed by atoms with Crippen LogP contribution < -0.4 is 0 Å². The van der Waals surface area contributed by atoms with Crippen LogP contribution >= 0.6 is 11.6 Å². The number of aromatic nitrogens is 1. The van der Waals surface area contributed by atoms with E-state index in [2.05, 4.69) is 11.1 Å². The second-order valence-corrected chi connectivity index (χ2v) is 5.80. The predicted octanol–water partition coefficient (Wildman–Crippen LogP) is 4.39. The molecule has 20 heavy (non-hydrogen) atoms. The van der Waals surface area contributed by atoms with Gasteiger partial charge in [0.05, 0.1) is 6.10 Å². The quantitative estimate of drug-likeness (QED) is 0.683. The largest absolute Gasteiger partial charge is 0.388 e. The van der Waals surface area contributed by atoms with Crippen LogP contribution in [0.5, 0.6) is 0 Å². The number of halogens is 1. The lowest BCUT2D eigenvalue weighted by Crippen LogP contribution is -1.95. The van der Waals surface area contributed by atoms with Crippen LogP contribution in [-0.4, -0.2) is 10.1 Å². The van der Waals surface area contributed by atoms with Crippen LogP contribution in [0.3, 0.4) is 0 Å². The summed E-state index contributed by atoms with van der Waals surface area (Å²) in [5, 5.41) is 12.1. The van der Waals surface area contributed by atoms with Crippen LogP contribution in [0.1, 0.15) is 35.1 Å². The van der Waals surface area contributed by atoms with Crippen molar-refractivity contribution in [2.45, 2.75) is 18.4 Å². The van der Waals surface area contributed by atoms with Gasteiger partial charge in [0.2, 0.25) is 0 Å². The first-order chi connectivity index (χ1) is 9.74. The van der Waals surface area contributed by atoms with Gasteiger partial charge < -0.3 is 10.1 Å². The molecule has 0 bridgehead atoms. The summed E-state index contributed by atoms with van der Waals surface area (Å²) in [5.41, 5.74) is 4.57. The van der Waals surface area contributed by atoms with E-state index in [0.717, 1.165) is 27.9 Å². The molecule has 1 aromatic heterocycles. The van der Waals surface area contributed by atoms with E-state index in [9.17, 15) is 5.11 Å². The average Bonchev–Trinajstić information content (AvgIpc) is 3.00. The molecule has 2 nitrogen and oxygen atoms in total. The lowest BCUT2D eigenvalue weighted by atomic mass is 9.93. The molecule has 0 fully saturated rings. The molecule has 0 radical (unpaired) electrons. The summed E-state index contributed by atoms with van der Waals surface area (Å²) >= 11 is 6.12. The molecule has 1 heterocycles. The van der Waals surface area contributed by atoms with E-state index < -0.39 is 0 Å². The van der Waals surface area contributed by atoms with Crippen molar-refractivity contribution in [3.63, 3.8) is 0 Å². The predicted molar refractivity (Wildman–Crippen MR) is 81.2 cm³/mol. The van der Waals surface area contributed by atoms with Crippen molar-refractivity contribution < 1.29 is 5.11 Å². The van der Waals surface area contributed by atoms with Crippen molar-refractivity contribution >= 4 is 22.5 Å². The van der Waals surface area contributed by atoms with E-state index in [1.807, 2.05) is 42.6 Å². The Morgan fingerprint density at radius 2 is 1.85 bits per heavy atom. The molecular formula is C17H14ClNO. The van der Waals surface area contributed by atoms with Gasteiger partial charge in [-0.05, 0) is 41.3 Å². The number of H-pyrrole nitrogens is 1. The number of aliphatic hydroxyl groups is 1. The molecule has 2 N–H and O–H groups in total. The van der Waals surface area contributed by atoms with Crippen molar-refractivity contribution in [3.05, 3.63) is 70.4 Å². The molecule has 100 valence electrons. The van der Waals surface area contributed by atoms with Gasteiger partial charge in [-0.1, -0.05) is 35.9 Å². The van der Waals surface area contributed by atoms with Gasteiger partial charge >= 0.3 is 0 Å². The lowest BCUT2D eigenvalue weighted by Gasteiger charge is -2.10.